The van der Waals surface area contributed by atoms with E-state index in [0.717, 1.165) is 29.1 Å². The second-order valence-corrected chi connectivity index (χ2v) is 3.95. The molecule has 0 aliphatic rings. The maximum absolute atomic E-state index is 8.96. The Bertz CT molecular complexity index is 421. The molecule has 1 heterocycles. The molecular weight excluding hydrogens is 232 g/mol. The van der Waals surface area contributed by atoms with Crippen LogP contribution in [0.4, 0.5) is 5.82 Å². The standard InChI is InChI=1S/C12H20N4O2/c1-4-10(7-18-13)11-9(2)12(15-8-14-11)16(3)5-6-17/h7-8,17H,4-6,13H2,1-3H3/b10-7+. The number of aliphatic hydroxyl groups excluding tert-OH is 1. The van der Waals surface area contributed by atoms with Gasteiger partial charge in [-0.15, -0.1) is 0 Å². The van der Waals surface area contributed by atoms with Crippen LogP contribution in [0.5, 0.6) is 0 Å². The van der Waals surface area contributed by atoms with E-state index in [9.17, 15) is 0 Å². The molecular formula is C12H20N4O2. The monoisotopic (exact) mass is 252 g/mol. The van der Waals surface area contributed by atoms with Gasteiger partial charge in [0, 0.05) is 24.7 Å². The van der Waals surface area contributed by atoms with Gasteiger partial charge in [-0.2, -0.15) is 5.90 Å². The first-order valence-corrected chi connectivity index (χ1v) is 5.84. The minimum absolute atomic E-state index is 0.0810. The normalized spacial score (nSPS) is 11.5. The molecule has 0 unspecified atom stereocenters. The third kappa shape index (κ3) is 3.18. The average molecular weight is 252 g/mol. The van der Waals surface area contributed by atoms with Crippen molar-refractivity contribution in [3.05, 3.63) is 23.8 Å². The minimum Gasteiger partial charge on any atom is -0.419 e. The van der Waals surface area contributed by atoms with Crippen molar-refractivity contribution in [2.24, 2.45) is 5.90 Å². The van der Waals surface area contributed by atoms with Crippen molar-refractivity contribution in [1.29, 1.82) is 0 Å². The minimum atomic E-state index is 0.0810. The van der Waals surface area contributed by atoms with Crippen molar-refractivity contribution < 1.29 is 9.94 Å². The molecule has 3 N–H and O–H groups in total. The Balaban J connectivity index is 3.16. The van der Waals surface area contributed by atoms with Crippen molar-refractivity contribution in [2.45, 2.75) is 20.3 Å². The highest BCUT2D eigenvalue weighted by molar-refractivity contribution is 5.67. The Morgan fingerprint density at radius 2 is 2.28 bits per heavy atom. The first-order chi connectivity index (χ1) is 8.65. The van der Waals surface area contributed by atoms with E-state index in [1.165, 1.54) is 12.6 Å². The van der Waals surface area contributed by atoms with E-state index >= 15 is 0 Å². The van der Waals surface area contributed by atoms with Gasteiger partial charge < -0.3 is 14.8 Å². The average Bonchev–Trinajstić information content (AvgIpc) is 2.37. The first-order valence-electron chi connectivity index (χ1n) is 5.84. The first kappa shape index (κ1) is 14.4. The van der Waals surface area contributed by atoms with E-state index < -0.39 is 0 Å². The molecule has 0 aromatic carbocycles. The van der Waals surface area contributed by atoms with Gasteiger partial charge in [0.1, 0.15) is 18.4 Å². The van der Waals surface area contributed by atoms with E-state index in [0.29, 0.717) is 6.54 Å². The number of aliphatic hydroxyl groups is 1. The van der Waals surface area contributed by atoms with Crippen molar-refractivity contribution >= 4 is 11.4 Å². The van der Waals surface area contributed by atoms with Gasteiger partial charge in [0.2, 0.25) is 0 Å². The maximum Gasteiger partial charge on any atom is 0.135 e. The summed E-state index contributed by atoms with van der Waals surface area (Å²) in [5, 5.41) is 8.96. The summed E-state index contributed by atoms with van der Waals surface area (Å²) in [6, 6.07) is 0. The topological polar surface area (TPSA) is 84.5 Å². The number of allylic oxidation sites excluding steroid dienone is 1. The van der Waals surface area contributed by atoms with Gasteiger partial charge in [-0.3, -0.25) is 0 Å². The highest BCUT2D eigenvalue weighted by atomic mass is 16.6. The molecule has 0 saturated heterocycles. The van der Waals surface area contributed by atoms with Crippen LogP contribution in [0.3, 0.4) is 0 Å². The zero-order chi connectivity index (χ0) is 13.5. The molecule has 100 valence electrons. The molecule has 0 bridgehead atoms. The lowest BCUT2D eigenvalue weighted by Crippen LogP contribution is -2.23. The Morgan fingerprint density at radius 1 is 1.56 bits per heavy atom. The van der Waals surface area contributed by atoms with Crippen LogP contribution < -0.4 is 10.8 Å². The number of nitrogens with two attached hydrogens (primary N) is 1. The molecule has 1 rings (SSSR count). The molecule has 6 nitrogen and oxygen atoms in total. The quantitative estimate of drug-likeness (QED) is 0.577. The number of aromatic nitrogens is 2. The second kappa shape index (κ2) is 6.93. The summed E-state index contributed by atoms with van der Waals surface area (Å²) in [4.78, 5) is 15.0. The van der Waals surface area contributed by atoms with E-state index in [1.54, 1.807) is 0 Å². The molecule has 0 spiro atoms. The number of rotatable bonds is 6. The summed E-state index contributed by atoms with van der Waals surface area (Å²) in [6.07, 6.45) is 3.76. The molecule has 6 heteroatoms. The summed E-state index contributed by atoms with van der Waals surface area (Å²) in [6.45, 7) is 4.55. The fourth-order valence-electron chi connectivity index (χ4n) is 1.79. The van der Waals surface area contributed by atoms with Gasteiger partial charge in [0.05, 0.1) is 12.3 Å². The van der Waals surface area contributed by atoms with Crippen LogP contribution in [0.25, 0.3) is 5.57 Å². The summed E-state index contributed by atoms with van der Waals surface area (Å²) < 4.78 is 0. The molecule has 0 saturated carbocycles. The molecule has 0 radical (unpaired) electrons. The molecule has 1 aromatic heterocycles. The Hall–Kier alpha value is -1.66. The maximum atomic E-state index is 8.96. The molecule has 1 aromatic rings. The van der Waals surface area contributed by atoms with Crippen LogP contribution >= 0.6 is 0 Å². The van der Waals surface area contributed by atoms with Crippen LogP contribution in [-0.2, 0) is 4.84 Å². The fraction of sp³-hybridized carbons (Fsp3) is 0.500. The van der Waals surface area contributed by atoms with Gasteiger partial charge >= 0.3 is 0 Å². The van der Waals surface area contributed by atoms with Gasteiger partial charge in [-0.25, -0.2) is 9.97 Å². The lowest BCUT2D eigenvalue weighted by Gasteiger charge is -2.20. The van der Waals surface area contributed by atoms with Gasteiger partial charge in [-0.05, 0) is 13.3 Å². The van der Waals surface area contributed by atoms with Crippen molar-refractivity contribution in [3.8, 4) is 0 Å². The SMILES string of the molecule is CC/C(=C\ON)c1ncnc(N(C)CCO)c1C. The second-order valence-electron chi connectivity index (χ2n) is 3.95. The number of hydrogen-bond donors (Lipinski definition) is 2. The van der Waals surface area contributed by atoms with Crippen LogP contribution in [-0.4, -0.2) is 35.3 Å². The number of hydrogen-bond acceptors (Lipinski definition) is 6. The lowest BCUT2D eigenvalue weighted by atomic mass is 10.1. The fourth-order valence-corrected chi connectivity index (χ4v) is 1.79. The molecule has 0 aliphatic carbocycles. The highest BCUT2D eigenvalue weighted by Gasteiger charge is 2.13. The third-order valence-electron chi connectivity index (χ3n) is 2.75. The van der Waals surface area contributed by atoms with Gasteiger partial charge in [0.15, 0.2) is 0 Å². The van der Waals surface area contributed by atoms with E-state index in [2.05, 4.69) is 14.8 Å². The van der Waals surface area contributed by atoms with E-state index in [-0.39, 0.29) is 6.61 Å². The Kier molecular flexibility index (Phi) is 5.54. The Labute approximate surface area is 107 Å². The lowest BCUT2D eigenvalue weighted by molar-refractivity contribution is 0.262. The van der Waals surface area contributed by atoms with Crippen LogP contribution in [0.15, 0.2) is 12.6 Å². The van der Waals surface area contributed by atoms with Crippen LogP contribution in [0.2, 0.25) is 0 Å². The summed E-state index contributed by atoms with van der Waals surface area (Å²) >= 11 is 0. The smallest absolute Gasteiger partial charge is 0.135 e. The highest BCUT2D eigenvalue weighted by Crippen LogP contribution is 2.24. The van der Waals surface area contributed by atoms with Crippen LogP contribution in [0, 0.1) is 6.92 Å². The Morgan fingerprint density at radius 3 is 2.83 bits per heavy atom. The van der Waals surface area contributed by atoms with Crippen LogP contribution in [0.1, 0.15) is 24.6 Å². The molecule has 0 aliphatic heterocycles. The summed E-state index contributed by atoms with van der Waals surface area (Å²) in [5.41, 5.74) is 2.67. The summed E-state index contributed by atoms with van der Waals surface area (Å²) in [7, 11) is 1.88. The number of nitrogens with zero attached hydrogens (tertiary/aromatic N) is 3. The van der Waals surface area contributed by atoms with Crippen molar-refractivity contribution in [2.75, 3.05) is 25.1 Å². The molecule has 18 heavy (non-hydrogen) atoms. The predicted octanol–water partition coefficient (Wildman–Crippen LogP) is 0.855. The van der Waals surface area contributed by atoms with Gasteiger partial charge in [-0.1, -0.05) is 6.92 Å². The number of anilines is 1. The van der Waals surface area contributed by atoms with Gasteiger partial charge in [0.25, 0.3) is 0 Å². The molecule has 0 fully saturated rings. The van der Waals surface area contributed by atoms with Crippen molar-refractivity contribution in [3.63, 3.8) is 0 Å². The number of likely N-dealkylation sites (N-methyl/N-ethyl adjacent to an activating group) is 1. The largest absolute Gasteiger partial charge is 0.419 e. The predicted molar refractivity (Wildman–Crippen MR) is 70.7 cm³/mol. The van der Waals surface area contributed by atoms with E-state index in [1.807, 2.05) is 25.8 Å². The molecule has 0 atom stereocenters. The third-order valence-corrected chi connectivity index (χ3v) is 2.75. The zero-order valence-corrected chi connectivity index (χ0v) is 11.1. The van der Waals surface area contributed by atoms with E-state index in [4.69, 9.17) is 11.0 Å². The molecule has 0 amide bonds. The summed E-state index contributed by atoms with van der Waals surface area (Å²) in [5.74, 6) is 5.87. The zero-order valence-electron chi connectivity index (χ0n) is 11.1. The van der Waals surface area contributed by atoms with Crippen molar-refractivity contribution in [1.82, 2.24) is 9.97 Å².